The summed E-state index contributed by atoms with van der Waals surface area (Å²) in [7, 11) is 0. The molecule has 2 aromatic rings. The van der Waals surface area contributed by atoms with Crippen LogP contribution in [0.3, 0.4) is 0 Å². The molecule has 0 saturated heterocycles. The maximum atomic E-state index is 12.8. The fourth-order valence-electron chi connectivity index (χ4n) is 2.35. The zero-order valence-electron chi connectivity index (χ0n) is 14.6. The van der Waals surface area contributed by atoms with E-state index in [2.05, 4.69) is 10.2 Å². The Morgan fingerprint density at radius 1 is 1.22 bits per heavy atom. The van der Waals surface area contributed by atoms with Gasteiger partial charge in [-0.15, -0.1) is 0 Å². The molecule has 0 aliphatic rings. The molecule has 0 unspecified atom stereocenters. The number of nitrogens with zero attached hydrogens (tertiary/aromatic N) is 1. The lowest BCUT2D eigenvalue weighted by atomic mass is 10.1. The smallest absolute Gasteiger partial charge is 0.330 e. The average Bonchev–Trinajstić information content (AvgIpc) is 2.58. The van der Waals surface area contributed by atoms with Gasteiger partial charge in [-0.2, -0.15) is 8.78 Å². The lowest BCUT2D eigenvalue weighted by molar-refractivity contribution is -0.168. The molecule has 27 heavy (non-hydrogen) atoms. The molecule has 0 spiro atoms. The summed E-state index contributed by atoms with van der Waals surface area (Å²) >= 11 is 0. The molecular weight excluding hydrogens is 368 g/mol. The van der Waals surface area contributed by atoms with E-state index >= 15 is 0 Å². The van der Waals surface area contributed by atoms with Crippen molar-refractivity contribution >= 4 is 5.91 Å². The first-order valence-electron chi connectivity index (χ1n) is 7.94. The van der Waals surface area contributed by atoms with Crippen molar-refractivity contribution in [1.29, 1.82) is 0 Å². The maximum Gasteiger partial charge on any atom is 0.330 e. The summed E-state index contributed by atoms with van der Waals surface area (Å²) in [6.07, 6.45) is -3.81. The summed E-state index contributed by atoms with van der Waals surface area (Å²) in [6.45, 7) is 1.61. The third kappa shape index (κ3) is 5.40. The molecule has 0 aliphatic carbocycles. The van der Waals surface area contributed by atoms with E-state index in [9.17, 15) is 27.2 Å². The Balaban J connectivity index is 2.07. The number of alkyl halides is 4. The van der Waals surface area contributed by atoms with E-state index in [1.165, 1.54) is 30.3 Å². The molecule has 0 fully saturated rings. The second kappa shape index (κ2) is 8.34. The van der Waals surface area contributed by atoms with Crippen LogP contribution in [-0.2, 0) is 11.3 Å². The molecular formula is C18H18F4N2O3. The minimum absolute atomic E-state index is 0.156. The number of ether oxygens (including phenoxy) is 1. The van der Waals surface area contributed by atoms with Crippen molar-refractivity contribution in [2.24, 2.45) is 0 Å². The number of benzene rings is 1. The number of carbonyl (C=O) groups excluding carboxylic acids is 1. The highest BCUT2D eigenvalue weighted by Gasteiger charge is 2.40. The minimum Gasteiger partial charge on any atom is -0.370 e. The van der Waals surface area contributed by atoms with Crippen molar-refractivity contribution in [1.82, 2.24) is 4.68 Å². The first-order chi connectivity index (χ1) is 12.6. The SMILES string of the molecule is Cc1cc(C)n(NC(=O)c2cccc(COCC(F)(F)C(F)F)c2)c(=O)c1. The Bertz CT molecular complexity index is 881. The zero-order chi connectivity index (χ0) is 20.2. The number of pyridine rings is 1. The molecule has 0 radical (unpaired) electrons. The van der Waals surface area contributed by atoms with Gasteiger partial charge in [0.05, 0.1) is 6.61 Å². The quantitative estimate of drug-likeness (QED) is 0.743. The minimum atomic E-state index is -4.24. The number of rotatable bonds is 7. The van der Waals surface area contributed by atoms with Crippen LogP contribution in [0.5, 0.6) is 0 Å². The highest BCUT2D eigenvalue weighted by atomic mass is 19.3. The van der Waals surface area contributed by atoms with Gasteiger partial charge in [-0.05, 0) is 43.2 Å². The summed E-state index contributed by atoms with van der Waals surface area (Å²) in [5.74, 6) is -4.83. The number of hydrogen-bond acceptors (Lipinski definition) is 3. The number of aryl methyl sites for hydroxylation is 2. The van der Waals surface area contributed by atoms with Gasteiger partial charge in [0.2, 0.25) is 0 Å². The van der Waals surface area contributed by atoms with E-state index in [-0.39, 0.29) is 12.2 Å². The summed E-state index contributed by atoms with van der Waals surface area (Å²) in [4.78, 5) is 24.3. The normalized spacial score (nSPS) is 11.7. The average molecular weight is 386 g/mol. The van der Waals surface area contributed by atoms with Crippen LogP contribution in [0.25, 0.3) is 0 Å². The number of halogens is 4. The van der Waals surface area contributed by atoms with Gasteiger partial charge in [0.1, 0.15) is 6.61 Å². The molecule has 1 heterocycles. The lowest BCUT2D eigenvalue weighted by Gasteiger charge is -2.15. The standard InChI is InChI=1S/C18H18F4N2O3/c1-11-6-12(2)24(15(25)7-11)23-16(26)14-5-3-4-13(8-14)9-27-10-18(21,22)17(19)20/h3-8,17H,9-10H2,1-2H3,(H,23,26). The second-order valence-electron chi connectivity index (χ2n) is 6.04. The number of carbonyl (C=O) groups is 1. The second-order valence-corrected chi connectivity index (χ2v) is 6.04. The van der Waals surface area contributed by atoms with E-state index in [1.807, 2.05) is 0 Å². The Hall–Kier alpha value is -2.68. The van der Waals surface area contributed by atoms with Gasteiger partial charge in [-0.3, -0.25) is 15.0 Å². The molecule has 0 atom stereocenters. The van der Waals surface area contributed by atoms with Crippen molar-refractivity contribution in [2.45, 2.75) is 32.8 Å². The number of aromatic nitrogens is 1. The monoisotopic (exact) mass is 386 g/mol. The first-order valence-corrected chi connectivity index (χ1v) is 7.94. The van der Waals surface area contributed by atoms with Crippen LogP contribution in [0.2, 0.25) is 0 Å². The van der Waals surface area contributed by atoms with Crippen LogP contribution in [0.4, 0.5) is 17.6 Å². The van der Waals surface area contributed by atoms with Gasteiger partial charge in [0.15, 0.2) is 0 Å². The van der Waals surface area contributed by atoms with Crippen LogP contribution in [-0.4, -0.2) is 29.5 Å². The molecule has 1 aromatic carbocycles. The third-order valence-electron chi connectivity index (χ3n) is 3.65. The Labute approximate surface area is 152 Å². The van der Waals surface area contributed by atoms with Crippen LogP contribution in [0.15, 0.2) is 41.2 Å². The van der Waals surface area contributed by atoms with Crippen molar-refractivity contribution in [3.05, 3.63) is 69.1 Å². The highest BCUT2D eigenvalue weighted by Crippen LogP contribution is 2.23. The molecule has 1 amide bonds. The Morgan fingerprint density at radius 3 is 2.56 bits per heavy atom. The van der Waals surface area contributed by atoms with E-state index in [1.54, 1.807) is 19.9 Å². The van der Waals surface area contributed by atoms with Gasteiger partial charge < -0.3 is 4.74 Å². The van der Waals surface area contributed by atoms with E-state index in [4.69, 9.17) is 0 Å². The van der Waals surface area contributed by atoms with Crippen LogP contribution >= 0.6 is 0 Å². The predicted molar refractivity (Wildman–Crippen MR) is 90.9 cm³/mol. The molecule has 0 saturated carbocycles. The van der Waals surface area contributed by atoms with E-state index in [0.717, 1.165) is 10.2 Å². The summed E-state index contributed by atoms with van der Waals surface area (Å²) in [6, 6.07) is 8.89. The fraction of sp³-hybridized carbons (Fsp3) is 0.333. The number of hydrogen-bond donors (Lipinski definition) is 1. The molecule has 0 aliphatic heterocycles. The van der Waals surface area contributed by atoms with Gasteiger partial charge in [0, 0.05) is 17.3 Å². The van der Waals surface area contributed by atoms with E-state index < -0.39 is 30.4 Å². The molecule has 2 rings (SSSR count). The Morgan fingerprint density at radius 2 is 1.93 bits per heavy atom. The summed E-state index contributed by atoms with van der Waals surface area (Å²) < 4.78 is 55.6. The van der Waals surface area contributed by atoms with Gasteiger partial charge in [-0.1, -0.05) is 12.1 Å². The van der Waals surface area contributed by atoms with Crippen molar-refractivity contribution in [3.63, 3.8) is 0 Å². The van der Waals surface area contributed by atoms with Gasteiger partial charge >= 0.3 is 12.3 Å². The molecule has 9 heteroatoms. The molecule has 5 nitrogen and oxygen atoms in total. The zero-order valence-corrected chi connectivity index (χ0v) is 14.6. The number of amides is 1. The number of nitrogens with one attached hydrogen (secondary N) is 1. The topological polar surface area (TPSA) is 60.3 Å². The third-order valence-corrected chi connectivity index (χ3v) is 3.65. The lowest BCUT2D eigenvalue weighted by Crippen LogP contribution is -2.34. The summed E-state index contributed by atoms with van der Waals surface area (Å²) in [5.41, 5.74) is 3.83. The molecule has 1 N–H and O–H groups in total. The van der Waals surface area contributed by atoms with E-state index in [0.29, 0.717) is 11.3 Å². The highest BCUT2D eigenvalue weighted by molar-refractivity contribution is 6.00. The molecule has 146 valence electrons. The van der Waals surface area contributed by atoms with Crippen molar-refractivity contribution in [3.8, 4) is 0 Å². The predicted octanol–water partition coefficient (Wildman–Crippen LogP) is 3.27. The van der Waals surface area contributed by atoms with Crippen LogP contribution in [0, 0.1) is 13.8 Å². The van der Waals surface area contributed by atoms with Crippen LogP contribution < -0.4 is 11.0 Å². The Kier molecular flexibility index (Phi) is 6.37. The fourth-order valence-corrected chi connectivity index (χ4v) is 2.35. The molecule has 1 aromatic heterocycles. The molecule has 0 bridgehead atoms. The van der Waals surface area contributed by atoms with Gasteiger partial charge in [-0.25, -0.2) is 13.5 Å². The summed E-state index contributed by atoms with van der Waals surface area (Å²) in [5, 5.41) is 0. The van der Waals surface area contributed by atoms with Crippen molar-refractivity contribution < 1.29 is 27.1 Å². The van der Waals surface area contributed by atoms with Gasteiger partial charge in [0.25, 0.3) is 11.5 Å². The largest absolute Gasteiger partial charge is 0.370 e. The maximum absolute atomic E-state index is 12.8. The van der Waals surface area contributed by atoms with Crippen LogP contribution in [0.1, 0.15) is 27.2 Å². The van der Waals surface area contributed by atoms with Crippen molar-refractivity contribution in [2.75, 3.05) is 12.0 Å². The first kappa shape index (κ1) is 20.6.